The van der Waals surface area contributed by atoms with Gasteiger partial charge in [-0.2, -0.15) is 4.67 Å². The van der Waals surface area contributed by atoms with Crippen molar-refractivity contribution < 1.29 is 13.6 Å². The summed E-state index contributed by atoms with van der Waals surface area (Å²) in [5, 5.41) is 0. The molecule has 0 aliphatic heterocycles. The number of rotatable bonds is 7. The van der Waals surface area contributed by atoms with Crippen molar-refractivity contribution in [2.45, 2.75) is 20.8 Å². The highest BCUT2D eigenvalue weighted by molar-refractivity contribution is 7.51. The molecule has 6 heteroatoms. The predicted octanol–water partition coefficient (Wildman–Crippen LogP) is 3.20. The molecular formula is C8H17ClNO3P. The fourth-order valence-electron chi connectivity index (χ4n) is 1.01. The molecule has 0 amide bonds. The van der Waals surface area contributed by atoms with Gasteiger partial charge in [-0.05, 0) is 6.92 Å². The van der Waals surface area contributed by atoms with Gasteiger partial charge in [-0.25, -0.2) is 4.57 Å². The molecule has 0 heterocycles. The largest absolute Gasteiger partial charge is 0.460 e. The third-order valence-corrected chi connectivity index (χ3v) is 3.95. The van der Waals surface area contributed by atoms with Crippen LogP contribution in [0.1, 0.15) is 20.8 Å². The molecule has 1 atom stereocenters. The summed E-state index contributed by atoms with van der Waals surface area (Å²) in [5.41, 5.74) is 1.16. The Morgan fingerprint density at radius 1 is 1.36 bits per heavy atom. The van der Waals surface area contributed by atoms with Gasteiger partial charge in [-0.1, -0.05) is 25.4 Å². The second-order valence-corrected chi connectivity index (χ2v) is 4.62. The summed E-state index contributed by atoms with van der Waals surface area (Å²) in [5.74, 6) is 0. The maximum atomic E-state index is 12.1. The molecule has 1 unspecified atom stereocenters. The van der Waals surface area contributed by atoms with Gasteiger partial charge in [-0.3, -0.25) is 4.52 Å². The third kappa shape index (κ3) is 4.01. The van der Waals surface area contributed by atoms with Gasteiger partial charge in [-0.15, -0.1) is 0 Å². The first-order valence-corrected chi connectivity index (χ1v) is 6.51. The molecule has 0 saturated carbocycles. The van der Waals surface area contributed by atoms with E-state index in [1.165, 1.54) is 6.26 Å². The van der Waals surface area contributed by atoms with E-state index in [1.807, 2.05) is 13.8 Å². The molecule has 0 N–H and O–H groups in total. The van der Waals surface area contributed by atoms with Crippen molar-refractivity contribution in [3.05, 3.63) is 11.8 Å². The van der Waals surface area contributed by atoms with Gasteiger partial charge in [0.1, 0.15) is 6.26 Å². The molecule has 0 rings (SSSR count). The Labute approximate surface area is 90.4 Å². The Morgan fingerprint density at radius 3 is 2.29 bits per heavy atom. The fourth-order valence-corrected chi connectivity index (χ4v) is 2.73. The van der Waals surface area contributed by atoms with Gasteiger partial charge in [0.15, 0.2) is 0 Å². The topological polar surface area (TPSA) is 38.8 Å². The molecule has 4 nitrogen and oxygen atoms in total. The normalized spacial score (nSPS) is 16.1. The SMILES string of the molecule is CCOP(=O)(OC=CCl)N(CC)CC. The Morgan fingerprint density at radius 2 is 1.93 bits per heavy atom. The standard InChI is InChI=1S/C8H17ClNO3P/c1-4-10(5-2)14(11,12-6-3)13-8-7-9/h7-8H,4-6H2,1-3H3. The lowest BCUT2D eigenvalue weighted by Crippen LogP contribution is -2.21. The molecule has 0 aromatic heterocycles. The number of nitrogens with zero attached hydrogens (tertiary/aromatic N) is 1. The first-order valence-electron chi connectivity index (χ1n) is 4.58. The Kier molecular flexibility index (Phi) is 7.28. The zero-order valence-electron chi connectivity index (χ0n) is 8.77. The predicted molar refractivity (Wildman–Crippen MR) is 58.2 cm³/mol. The molecule has 84 valence electrons. The molecule has 0 saturated heterocycles. The Bertz CT molecular complexity index is 219. The van der Waals surface area contributed by atoms with Crippen molar-refractivity contribution in [1.29, 1.82) is 0 Å². The van der Waals surface area contributed by atoms with Gasteiger partial charge < -0.3 is 4.52 Å². The van der Waals surface area contributed by atoms with Crippen LogP contribution in [0, 0.1) is 0 Å². The van der Waals surface area contributed by atoms with Crippen molar-refractivity contribution in [3.63, 3.8) is 0 Å². The van der Waals surface area contributed by atoms with Crippen LogP contribution in [0.2, 0.25) is 0 Å². The molecule has 0 aromatic carbocycles. The summed E-state index contributed by atoms with van der Waals surface area (Å²) >= 11 is 5.30. The van der Waals surface area contributed by atoms with E-state index in [0.717, 1.165) is 5.54 Å². The van der Waals surface area contributed by atoms with Gasteiger partial charge in [0.05, 0.1) is 6.61 Å². The summed E-state index contributed by atoms with van der Waals surface area (Å²) < 4.78 is 23.9. The van der Waals surface area contributed by atoms with Crippen LogP contribution in [0.15, 0.2) is 11.8 Å². The van der Waals surface area contributed by atoms with Crippen LogP contribution in [0.25, 0.3) is 0 Å². The van der Waals surface area contributed by atoms with Crippen LogP contribution in [0.5, 0.6) is 0 Å². The van der Waals surface area contributed by atoms with Crippen LogP contribution in [0.3, 0.4) is 0 Å². The summed E-state index contributed by atoms with van der Waals surface area (Å²) in [6, 6.07) is 0. The van der Waals surface area contributed by atoms with Crippen molar-refractivity contribution in [2.75, 3.05) is 19.7 Å². The minimum atomic E-state index is -3.18. The highest BCUT2D eigenvalue weighted by Gasteiger charge is 2.31. The summed E-state index contributed by atoms with van der Waals surface area (Å²) in [6.07, 6.45) is 1.18. The van der Waals surface area contributed by atoms with Crippen LogP contribution in [-0.2, 0) is 13.6 Å². The Balaban J connectivity index is 4.58. The van der Waals surface area contributed by atoms with Crippen LogP contribution in [-0.4, -0.2) is 24.4 Å². The first kappa shape index (κ1) is 14.0. The minimum absolute atomic E-state index is 0.337. The quantitative estimate of drug-likeness (QED) is 0.507. The van der Waals surface area contributed by atoms with Crippen molar-refractivity contribution in [2.24, 2.45) is 0 Å². The van der Waals surface area contributed by atoms with E-state index in [9.17, 15) is 4.57 Å². The highest BCUT2D eigenvalue weighted by Crippen LogP contribution is 2.51. The van der Waals surface area contributed by atoms with Crippen molar-refractivity contribution in [1.82, 2.24) is 4.67 Å². The van der Waals surface area contributed by atoms with Gasteiger partial charge in [0, 0.05) is 18.6 Å². The smallest absolute Gasteiger partial charge is 0.420 e. The van der Waals surface area contributed by atoms with Crippen molar-refractivity contribution >= 4 is 19.3 Å². The number of hydrogen-bond acceptors (Lipinski definition) is 3. The van der Waals surface area contributed by atoms with E-state index in [2.05, 4.69) is 0 Å². The lowest BCUT2D eigenvalue weighted by Gasteiger charge is -2.26. The molecule has 0 aromatic rings. The minimum Gasteiger partial charge on any atom is -0.420 e. The molecule has 14 heavy (non-hydrogen) atoms. The zero-order chi connectivity index (χ0) is 11.0. The monoisotopic (exact) mass is 241 g/mol. The highest BCUT2D eigenvalue weighted by atomic mass is 35.5. The summed E-state index contributed by atoms with van der Waals surface area (Å²) in [4.78, 5) is 0. The maximum absolute atomic E-state index is 12.1. The molecule has 0 aliphatic carbocycles. The van der Waals surface area contributed by atoms with Gasteiger partial charge in [0.2, 0.25) is 0 Å². The molecule has 0 aliphatic rings. The molecule has 0 radical (unpaired) electrons. The lowest BCUT2D eigenvalue weighted by atomic mass is 10.7. The average molecular weight is 242 g/mol. The maximum Gasteiger partial charge on any atom is 0.460 e. The number of hydrogen-bond donors (Lipinski definition) is 0. The number of halogens is 1. The molecular weight excluding hydrogens is 225 g/mol. The molecule has 0 fully saturated rings. The molecule has 0 bridgehead atoms. The third-order valence-electron chi connectivity index (χ3n) is 1.61. The van der Waals surface area contributed by atoms with Crippen molar-refractivity contribution in [3.8, 4) is 0 Å². The second kappa shape index (κ2) is 7.30. The average Bonchev–Trinajstić information content (AvgIpc) is 2.17. The lowest BCUT2D eigenvalue weighted by molar-refractivity contribution is 0.206. The van der Waals surface area contributed by atoms with Gasteiger partial charge in [0.25, 0.3) is 0 Å². The van der Waals surface area contributed by atoms with E-state index in [1.54, 1.807) is 11.6 Å². The Hall–Kier alpha value is -0.0200. The van der Waals surface area contributed by atoms with Gasteiger partial charge >= 0.3 is 7.75 Å². The van der Waals surface area contributed by atoms with E-state index >= 15 is 0 Å². The summed E-state index contributed by atoms with van der Waals surface area (Å²) in [7, 11) is -3.18. The second-order valence-electron chi connectivity index (χ2n) is 2.39. The van der Waals surface area contributed by atoms with Crippen LogP contribution >= 0.6 is 19.3 Å². The van der Waals surface area contributed by atoms with E-state index in [4.69, 9.17) is 20.6 Å². The summed E-state index contributed by atoms with van der Waals surface area (Å²) in [6.45, 7) is 7.09. The zero-order valence-corrected chi connectivity index (χ0v) is 10.4. The van der Waals surface area contributed by atoms with E-state index < -0.39 is 7.75 Å². The molecule has 0 spiro atoms. The van der Waals surface area contributed by atoms with E-state index in [-0.39, 0.29) is 0 Å². The van der Waals surface area contributed by atoms with Crippen LogP contribution in [0.4, 0.5) is 0 Å². The van der Waals surface area contributed by atoms with Crippen LogP contribution < -0.4 is 0 Å². The fraction of sp³-hybridized carbons (Fsp3) is 0.750. The first-order chi connectivity index (χ1) is 6.64. The van der Waals surface area contributed by atoms with E-state index in [0.29, 0.717) is 19.7 Å².